The van der Waals surface area contributed by atoms with Crippen molar-refractivity contribution in [1.29, 1.82) is 0 Å². The molecule has 3 rings (SSSR count). The van der Waals surface area contributed by atoms with Gasteiger partial charge in [0, 0.05) is 5.56 Å². The van der Waals surface area contributed by atoms with Crippen LogP contribution in [0.1, 0.15) is 34.3 Å². The summed E-state index contributed by atoms with van der Waals surface area (Å²) in [7, 11) is 0. The zero-order chi connectivity index (χ0) is 11.9. The van der Waals surface area contributed by atoms with Crippen molar-refractivity contribution in [2.24, 2.45) is 0 Å². The Morgan fingerprint density at radius 1 is 1.35 bits per heavy atom. The average molecular weight is 233 g/mol. The summed E-state index contributed by atoms with van der Waals surface area (Å²) < 4.78 is 5.31. The monoisotopic (exact) mass is 233 g/mol. The van der Waals surface area contributed by atoms with Crippen LogP contribution in [0.15, 0.2) is 18.2 Å². The molecule has 0 aromatic heterocycles. The average Bonchev–Trinajstić information content (AvgIpc) is 2.96. The number of nitrogens with one attached hydrogen (secondary N) is 1. The molecular weight excluding hydrogens is 218 g/mol. The Hall–Kier alpha value is -1.39. The second kappa shape index (κ2) is 3.82. The molecule has 1 aliphatic heterocycles. The molecule has 0 radical (unpaired) electrons. The molecule has 0 spiro atoms. The summed E-state index contributed by atoms with van der Waals surface area (Å²) >= 11 is 0. The molecule has 1 aromatic carbocycles. The zero-order valence-corrected chi connectivity index (χ0v) is 9.53. The molecule has 4 nitrogen and oxygen atoms in total. The lowest BCUT2D eigenvalue weighted by Crippen LogP contribution is -2.39. The van der Waals surface area contributed by atoms with Gasteiger partial charge < -0.3 is 15.2 Å². The lowest BCUT2D eigenvalue weighted by Gasteiger charge is -2.14. The molecule has 0 saturated heterocycles. The predicted octanol–water partition coefficient (Wildman–Crippen LogP) is 0.971. The van der Waals surface area contributed by atoms with Crippen LogP contribution in [0.3, 0.4) is 0 Å². The first-order valence-electron chi connectivity index (χ1n) is 5.85. The maximum absolute atomic E-state index is 12.0. The van der Waals surface area contributed by atoms with Gasteiger partial charge in [0.25, 0.3) is 5.91 Å². The van der Waals surface area contributed by atoms with Crippen molar-refractivity contribution in [2.75, 3.05) is 6.61 Å². The predicted molar refractivity (Wildman–Crippen MR) is 61.5 cm³/mol. The quantitative estimate of drug-likeness (QED) is 0.818. The molecule has 1 heterocycles. The third-order valence-electron chi connectivity index (χ3n) is 3.52. The smallest absolute Gasteiger partial charge is 0.251 e. The van der Waals surface area contributed by atoms with E-state index in [0.29, 0.717) is 18.8 Å². The number of hydrogen-bond donors (Lipinski definition) is 2. The van der Waals surface area contributed by atoms with Crippen molar-refractivity contribution < 1.29 is 14.6 Å². The summed E-state index contributed by atoms with van der Waals surface area (Å²) in [4.78, 5) is 12.0. The van der Waals surface area contributed by atoms with Crippen LogP contribution in [-0.4, -0.2) is 23.2 Å². The van der Waals surface area contributed by atoms with Gasteiger partial charge in [0.1, 0.15) is 0 Å². The van der Waals surface area contributed by atoms with Gasteiger partial charge in [-0.05, 0) is 36.1 Å². The molecule has 0 atom stereocenters. The van der Waals surface area contributed by atoms with Crippen LogP contribution in [0.2, 0.25) is 0 Å². The normalized spacial score (nSPS) is 19.8. The number of hydrogen-bond acceptors (Lipinski definition) is 3. The zero-order valence-electron chi connectivity index (χ0n) is 9.53. The molecular formula is C13H15NO3. The van der Waals surface area contributed by atoms with E-state index in [-0.39, 0.29) is 18.1 Å². The number of aliphatic hydroxyl groups excluding tert-OH is 1. The number of carbonyl (C=O) groups excluding carboxylic acids is 1. The Balaban J connectivity index is 1.78. The van der Waals surface area contributed by atoms with Crippen LogP contribution in [0.4, 0.5) is 0 Å². The van der Waals surface area contributed by atoms with Gasteiger partial charge in [-0.1, -0.05) is 6.07 Å². The van der Waals surface area contributed by atoms with Crippen LogP contribution >= 0.6 is 0 Å². The minimum atomic E-state index is -0.355. The summed E-state index contributed by atoms with van der Waals surface area (Å²) in [5, 5.41) is 12.1. The SMILES string of the molecule is O=C(NC1(CO)CC1)c1ccc2c(c1)COC2. The molecule has 1 fully saturated rings. The molecule has 1 amide bonds. The second-order valence-electron chi connectivity index (χ2n) is 4.87. The minimum absolute atomic E-state index is 0.0206. The fourth-order valence-electron chi connectivity index (χ4n) is 2.10. The van der Waals surface area contributed by atoms with Crippen LogP contribution < -0.4 is 5.32 Å². The van der Waals surface area contributed by atoms with E-state index in [1.54, 1.807) is 0 Å². The molecule has 17 heavy (non-hydrogen) atoms. The first kappa shape index (κ1) is 10.7. The molecule has 0 bridgehead atoms. The van der Waals surface area contributed by atoms with E-state index in [1.165, 1.54) is 0 Å². The Labute approximate surface area is 99.6 Å². The number of benzene rings is 1. The summed E-state index contributed by atoms with van der Waals surface area (Å²) in [5.41, 5.74) is 2.54. The van der Waals surface area contributed by atoms with Crippen molar-refractivity contribution in [2.45, 2.75) is 31.6 Å². The largest absolute Gasteiger partial charge is 0.394 e. The Kier molecular flexibility index (Phi) is 2.42. The summed E-state index contributed by atoms with van der Waals surface area (Å²) in [6.45, 7) is 1.24. The summed E-state index contributed by atoms with van der Waals surface area (Å²) in [6.07, 6.45) is 1.73. The molecule has 4 heteroatoms. The van der Waals surface area contributed by atoms with E-state index in [2.05, 4.69) is 5.32 Å². The summed E-state index contributed by atoms with van der Waals surface area (Å²) in [5.74, 6) is -0.105. The lowest BCUT2D eigenvalue weighted by atomic mass is 10.1. The van der Waals surface area contributed by atoms with Gasteiger partial charge in [-0.2, -0.15) is 0 Å². The highest BCUT2D eigenvalue weighted by Gasteiger charge is 2.43. The molecule has 90 valence electrons. The van der Waals surface area contributed by atoms with Crippen LogP contribution in [0.25, 0.3) is 0 Å². The number of ether oxygens (including phenoxy) is 1. The fraction of sp³-hybridized carbons (Fsp3) is 0.462. The maximum Gasteiger partial charge on any atom is 0.251 e. The third-order valence-corrected chi connectivity index (χ3v) is 3.52. The van der Waals surface area contributed by atoms with Gasteiger partial charge in [0.2, 0.25) is 0 Å². The standard InChI is InChI=1S/C13H15NO3/c15-8-13(3-4-13)14-12(16)9-1-2-10-6-17-7-11(10)5-9/h1-2,5,15H,3-4,6-8H2,(H,14,16). The van der Waals surface area contributed by atoms with Gasteiger partial charge in [0.05, 0.1) is 25.4 Å². The second-order valence-corrected chi connectivity index (χ2v) is 4.87. The minimum Gasteiger partial charge on any atom is -0.394 e. The molecule has 0 unspecified atom stereocenters. The van der Waals surface area contributed by atoms with Crippen molar-refractivity contribution in [3.8, 4) is 0 Å². The van der Waals surface area contributed by atoms with Crippen molar-refractivity contribution in [3.05, 3.63) is 34.9 Å². The molecule has 1 aromatic rings. The highest BCUT2D eigenvalue weighted by atomic mass is 16.5. The molecule has 2 N–H and O–H groups in total. The van der Waals surface area contributed by atoms with E-state index in [4.69, 9.17) is 4.74 Å². The number of aliphatic hydroxyl groups is 1. The van der Waals surface area contributed by atoms with Crippen LogP contribution in [0, 0.1) is 0 Å². The van der Waals surface area contributed by atoms with Gasteiger partial charge in [-0.25, -0.2) is 0 Å². The molecule has 1 saturated carbocycles. The first-order valence-corrected chi connectivity index (χ1v) is 5.85. The highest BCUT2D eigenvalue weighted by molar-refractivity contribution is 5.95. The van der Waals surface area contributed by atoms with Gasteiger partial charge >= 0.3 is 0 Å². The van der Waals surface area contributed by atoms with Gasteiger partial charge in [0.15, 0.2) is 0 Å². The maximum atomic E-state index is 12.0. The van der Waals surface area contributed by atoms with Gasteiger partial charge in [-0.15, -0.1) is 0 Å². The van der Waals surface area contributed by atoms with E-state index in [9.17, 15) is 9.90 Å². The topological polar surface area (TPSA) is 58.6 Å². The Morgan fingerprint density at radius 2 is 2.12 bits per heavy atom. The molecule has 2 aliphatic rings. The van der Waals surface area contributed by atoms with Crippen LogP contribution in [-0.2, 0) is 18.0 Å². The number of amides is 1. The number of fused-ring (bicyclic) bond motifs is 1. The highest BCUT2D eigenvalue weighted by Crippen LogP contribution is 2.35. The number of rotatable bonds is 3. The van der Waals surface area contributed by atoms with Crippen molar-refractivity contribution >= 4 is 5.91 Å². The van der Waals surface area contributed by atoms with E-state index >= 15 is 0 Å². The fourth-order valence-corrected chi connectivity index (χ4v) is 2.10. The first-order chi connectivity index (χ1) is 8.22. The Bertz CT molecular complexity index is 466. The molecule has 1 aliphatic carbocycles. The van der Waals surface area contributed by atoms with Gasteiger partial charge in [-0.3, -0.25) is 4.79 Å². The van der Waals surface area contributed by atoms with Crippen molar-refractivity contribution in [1.82, 2.24) is 5.32 Å². The van der Waals surface area contributed by atoms with E-state index in [1.807, 2.05) is 18.2 Å². The van der Waals surface area contributed by atoms with Crippen molar-refractivity contribution in [3.63, 3.8) is 0 Å². The van der Waals surface area contributed by atoms with Crippen LogP contribution in [0.5, 0.6) is 0 Å². The number of carbonyl (C=O) groups is 1. The summed E-state index contributed by atoms with van der Waals surface area (Å²) in [6, 6.07) is 5.64. The van der Waals surface area contributed by atoms with E-state index in [0.717, 1.165) is 24.0 Å². The third kappa shape index (κ3) is 1.94. The van der Waals surface area contributed by atoms with E-state index < -0.39 is 0 Å². The lowest BCUT2D eigenvalue weighted by molar-refractivity contribution is 0.0906. The Morgan fingerprint density at radius 3 is 2.82 bits per heavy atom.